The molecular weight excluding hydrogens is 323 g/mol. The topological polar surface area (TPSA) is 60.1 Å². The normalized spacial score (nSPS) is 11.9. The van der Waals surface area contributed by atoms with Gasteiger partial charge in [0.2, 0.25) is 0 Å². The molecule has 1 aromatic carbocycles. The van der Waals surface area contributed by atoms with Crippen LogP contribution in [0.25, 0.3) is 11.0 Å². The molecule has 0 saturated heterocycles. The lowest BCUT2D eigenvalue weighted by molar-refractivity contribution is -0.136. The van der Waals surface area contributed by atoms with E-state index < -0.39 is 17.4 Å². The van der Waals surface area contributed by atoms with Crippen LogP contribution in [0.1, 0.15) is 17.0 Å². The van der Waals surface area contributed by atoms with Gasteiger partial charge in [-0.25, -0.2) is 4.79 Å². The number of aromatic nitrogens is 2. The molecule has 0 saturated carbocycles. The van der Waals surface area contributed by atoms with Crippen molar-refractivity contribution >= 4 is 22.3 Å². The van der Waals surface area contributed by atoms with Gasteiger partial charge in [0.25, 0.3) is 0 Å². The molecule has 0 bridgehead atoms. The number of anilines is 2. The summed E-state index contributed by atoms with van der Waals surface area (Å²) in [6, 6.07) is 4.62. The fourth-order valence-corrected chi connectivity index (χ4v) is 2.57. The van der Waals surface area contributed by atoms with Gasteiger partial charge < -0.3 is 9.73 Å². The Labute approximate surface area is 134 Å². The maximum Gasteiger partial charge on any atom is 0.417 e. The van der Waals surface area contributed by atoms with Crippen LogP contribution < -0.4 is 10.9 Å². The Kier molecular flexibility index (Phi) is 3.62. The van der Waals surface area contributed by atoms with Gasteiger partial charge in [0.1, 0.15) is 5.58 Å². The van der Waals surface area contributed by atoms with Crippen LogP contribution in [0, 0.1) is 13.8 Å². The summed E-state index contributed by atoms with van der Waals surface area (Å²) in [6.45, 7) is 3.68. The Morgan fingerprint density at radius 1 is 1.21 bits per heavy atom. The Balaban J connectivity index is 2.11. The number of benzene rings is 1. The van der Waals surface area contributed by atoms with Crippen molar-refractivity contribution in [2.24, 2.45) is 7.05 Å². The van der Waals surface area contributed by atoms with Crippen LogP contribution in [0.4, 0.5) is 24.5 Å². The molecule has 0 amide bonds. The molecule has 24 heavy (non-hydrogen) atoms. The summed E-state index contributed by atoms with van der Waals surface area (Å²) in [4.78, 5) is 11.4. The van der Waals surface area contributed by atoms with Crippen molar-refractivity contribution in [3.05, 3.63) is 51.6 Å². The highest BCUT2D eigenvalue weighted by atomic mass is 19.4. The second kappa shape index (κ2) is 5.40. The van der Waals surface area contributed by atoms with Crippen molar-refractivity contribution in [2.75, 3.05) is 5.32 Å². The molecule has 3 aromatic rings. The molecule has 126 valence electrons. The fourth-order valence-electron chi connectivity index (χ4n) is 2.57. The van der Waals surface area contributed by atoms with E-state index in [9.17, 15) is 18.0 Å². The third kappa shape index (κ3) is 2.75. The molecule has 5 nitrogen and oxygen atoms in total. The summed E-state index contributed by atoms with van der Waals surface area (Å²) < 4.78 is 45.8. The molecule has 0 spiro atoms. The van der Waals surface area contributed by atoms with E-state index in [2.05, 4.69) is 10.4 Å². The van der Waals surface area contributed by atoms with E-state index in [1.807, 2.05) is 13.8 Å². The first kappa shape index (κ1) is 16.1. The summed E-state index contributed by atoms with van der Waals surface area (Å²) in [6.07, 6.45) is -4.63. The highest BCUT2D eigenvalue weighted by Gasteiger charge is 2.33. The van der Waals surface area contributed by atoms with Crippen LogP contribution in [0.5, 0.6) is 0 Å². The predicted octanol–water partition coefficient (Wildman–Crippen LogP) is 3.91. The van der Waals surface area contributed by atoms with Gasteiger partial charge in [-0.15, -0.1) is 0 Å². The predicted molar refractivity (Wildman–Crippen MR) is 83.5 cm³/mol. The lowest BCUT2D eigenvalue weighted by atomic mass is 10.1. The van der Waals surface area contributed by atoms with Crippen LogP contribution in [-0.2, 0) is 13.2 Å². The van der Waals surface area contributed by atoms with E-state index in [4.69, 9.17) is 4.42 Å². The molecule has 1 N–H and O–H groups in total. The van der Waals surface area contributed by atoms with Gasteiger partial charge in [0, 0.05) is 30.3 Å². The second-order valence-electron chi connectivity index (χ2n) is 5.48. The van der Waals surface area contributed by atoms with Crippen molar-refractivity contribution in [1.29, 1.82) is 0 Å². The lowest BCUT2D eigenvalue weighted by Gasteiger charge is -2.11. The maximum atomic E-state index is 13.0. The van der Waals surface area contributed by atoms with Gasteiger partial charge in [-0.1, -0.05) is 0 Å². The summed E-state index contributed by atoms with van der Waals surface area (Å²) in [5.41, 5.74) is 0.711. The average molecular weight is 337 g/mol. The van der Waals surface area contributed by atoms with Crippen LogP contribution in [0.2, 0.25) is 0 Å². The third-order valence-corrected chi connectivity index (χ3v) is 3.83. The van der Waals surface area contributed by atoms with Gasteiger partial charge in [0.05, 0.1) is 22.6 Å². The van der Waals surface area contributed by atoms with E-state index in [1.165, 1.54) is 18.2 Å². The molecule has 0 unspecified atom stereocenters. The second-order valence-corrected chi connectivity index (χ2v) is 5.48. The largest absolute Gasteiger partial charge is 0.423 e. The highest BCUT2D eigenvalue weighted by molar-refractivity contribution is 5.85. The SMILES string of the molecule is Cc1nn(C)c(C)c1Nc1ccc2c(C(F)(F)F)cc(=O)oc2c1. The Hall–Kier alpha value is -2.77. The van der Waals surface area contributed by atoms with E-state index in [0.29, 0.717) is 11.8 Å². The Morgan fingerprint density at radius 2 is 1.92 bits per heavy atom. The van der Waals surface area contributed by atoms with Crippen molar-refractivity contribution < 1.29 is 17.6 Å². The van der Waals surface area contributed by atoms with Crippen LogP contribution in [0.3, 0.4) is 0 Å². The monoisotopic (exact) mass is 337 g/mol. The molecule has 0 fully saturated rings. The summed E-state index contributed by atoms with van der Waals surface area (Å²) in [7, 11) is 1.79. The molecule has 0 aliphatic carbocycles. The van der Waals surface area contributed by atoms with Gasteiger partial charge in [0.15, 0.2) is 0 Å². The minimum Gasteiger partial charge on any atom is -0.423 e. The van der Waals surface area contributed by atoms with Crippen LogP contribution >= 0.6 is 0 Å². The van der Waals surface area contributed by atoms with Crippen molar-refractivity contribution in [1.82, 2.24) is 9.78 Å². The van der Waals surface area contributed by atoms with E-state index in [0.717, 1.165) is 17.1 Å². The number of fused-ring (bicyclic) bond motifs is 1. The molecular formula is C16H14F3N3O2. The number of alkyl halides is 3. The van der Waals surface area contributed by atoms with Crippen molar-refractivity contribution in [3.8, 4) is 0 Å². The molecule has 0 aliphatic heterocycles. The minimum atomic E-state index is -4.63. The zero-order valence-corrected chi connectivity index (χ0v) is 13.2. The van der Waals surface area contributed by atoms with Gasteiger partial charge in [-0.05, 0) is 26.0 Å². The van der Waals surface area contributed by atoms with E-state index in [1.54, 1.807) is 11.7 Å². The smallest absolute Gasteiger partial charge is 0.417 e. The molecule has 0 radical (unpaired) electrons. The number of halogens is 3. The van der Waals surface area contributed by atoms with Crippen molar-refractivity contribution in [2.45, 2.75) is 20.0 Å². The van der Waals surface area contributed by atoms with Gasteiger partial charge >= 0.3 is 11.8 Å². The van der Waals surface area contributed by atoms with Crippen LogP contribution in [-0.4, -0.2) is 9.78 Å². The molecule has 3 rings (SSSR count). The molecule has 0 aliphatic rings. The zero-order valence-electron chi connectivity index (χ0n) is 13.2. The number of hydrogen-bond donors (Lipinski definition) is 1. The standard InChI is InChI=1S/C16H14F3N3O2/c1-8-15(9(2)22(3)21-8)20-10-4-5-11-12(16(17,18)19)7-14(23)24-13(11)6-10/h4-7,20H,1-3H3. The molecule has 2 heterocycles. The first-order chi connectivity index (χ1) is 11.2. The number of rotatable bonds is 2. The first-order valence-electron chi connectivity index (χ1n) is 7.09. The first-order valence-corrected chi connectivity index (χ1v) is 7.09. The van der Waals surface area contributed by atoms with Crippen molar-refractivity contribution in [3.63, 3.8) is 0 Å². The lowest BCUT2D eigenvalue weighted by Crippen LogP contribution is -2.11. The minimum absolute atomic E-state index is 0.126. The Bertz CT molecular complexity index is 987. The molecule has 2 aromatic heterocycles. The highest BCUT2D eigenvalue weighted by Crippen LogP contribution is 2.35. The summed E-state index contributed by atoms with van der Waals surface area (Å²) >= 11 is 0. The third-order valence-electron chi connectivity index (χ3n) is 3.83. The molecule has 8 heteroatoms. The summed E-state index contributed by atoms with van der Waals surface area (Å²) in [5, 5.41) is 7.21. The van der Waals surface area contributed by atoms with E-state index in [-0.39, 0.29) is 11.0 Å². The number of aryl methyl sites for hydroxylation is 2. The Morgan fingerprint density at radius 3 is 2.50 bits per heavy atom. The van der Waals surface area contributed by atoms with Crippen LogP contribution in [0.15, 0.2) is 33.5 Å². The average Bonchev–Trinajstić information content (AvgIpc) is 2.71. The quantitative estimate of drug-likeness (QED) is 0.721. The number of hydrogen-bond acceptors (Lipinski definition) is 4. The number of nitrogens with one attached hydrogen (secondary N) is 1. The summed E-state index contributed by atoms with van der Waals surface area (Å²) in [5.74, 6) is 0. The zero-order chi connectivity index (χ0) is 17.6. The maximum absolute atomic E-state index is 13.0. The van der Waals surface area contributed by atoms with Gasteiger partial charge in [-0.2, -0.15) is 18.3 Å². The fraction of sp³-hybridized carbons (Fsp3) is 0.250. The van der Waals surface area contributed by atoms with Gasteiger partial charge in [-0.3, -0.25) is 4.68 Å². The molecule has 0 atom stereocenters. The van der Waals surface area contributed by atoms with E-state index >= 15 is 0 Å². The number of nitrogens with zero attached hydrogens (tertiary/aromatic N) is 2.